The highest BCUT2D eigenvalue weighted by Gasteiger charge is 2.16. The second-order valence-electron chi connectivity index (χ2n) is 4.11. The fourth-order valence-corrected chi connectivity index (χ4v) is 1.80. The zero-order valence-electron chi connectivity index (χ0n) is 10.5. The molecule has 1 amide bonds. The molecule has 0 aliphatic carbocycles. The maximum Gasteiger partial charge on any atom is 0.271 e. The van der Waals surface area contributed by atoms with Crippen molar-refractivity contribution in [2.75, 3.05) is 5.32 Å². The van der Waals surface area contributed by atoms with Gasteiger partial charge in [-0.05, 0) is 19.9 Å². The van der Waals surface area contributed by atoms with Crippen LogP contribution in [0.15, 0.2) is 34.9 Å². The molecule has 2 rings (SSSR count). The molecule has 0 atom stereocenters. The summed E-state index contributed by atoms with van der Waals surface area (Å²) < 4.78 is 5.15. The van der Waals surface area contributed by atoms with Crippen molar-refractivity contribution in [2.45, 2.75) is 13.8 Å². The van der Waals surface area contributed by atoms with E-state index in [1.807, 2.05) is 0 Å². The van der Waals surface area contributed by atoms with Gasteiger partial charge in [0.15, 0.2) is 0 Å². The summed E-state index contributed by atoms with van der Waals surface area (Å²) in [6.07, 6.45) is 1.50. The van der Waals surface area contributed by atoms with Gasteiger partial charge in [0.25, 0.3) is 11.6 Å². The van der Waals surface area contributed by atoms with Crippen LogP contribution >= 0.6 is 0 Å². The van der Waals surface area contributed by atoms with Gasteiger partial charge < -0.3 is 9.73 Å². The van der Waals surface area contributed by atoms with E-state index in [0.29, 0.717) is 17.0 Å². The minimum absolute atomic E-state index is 0.0709. The van der Waals surface area contributed by atoms with Crippen LogP contribution in [0.2, 0.25) is 0 Å². The quantitative estimate of drug-likeness (QED) is 0.678. The Hall–Kier alpha value is -2.63. The summed E-state index contributed by atoms with van der Waals surface area (Å²) in [5.74, 6) is 0.171. The number of nitrogens with one attached hydrogen (secondary N) is 1. The lowest BCUT2D eigenvalue weighted by molar-refractivity contribution is -0.384. The fourth-order valence-electron chi connectivity index (χ4n) is 1.80. The molecule has 98 valence electrons. The lowest BCUT2D eigenvalue weighted by atomic mass is 10.1. The Morgan fingerprint density at radius 2 is 2.11 bits per heavy atom. The highest BCUT2D eigenvalue weighted by atomic mass is 16.6. The zero-order chi connectivity index (χ0) is 14.0. The smallest absolute Gasteiger partial charge is 0.271 e. The van der Waals surface area contributed by atoms with Crippen LogP contribution in [0.4, 0.5) is 11.4 Å². The molecule has 0 fully saturated rings. The molecule has 0 radical (unpaired) electrons. The number of non-ortho nitro benzene ring substituents is 1. The van der Waals surface area contributed by atoms with E-state index in [4.69, 9.17) is 4.42 Å². The Morgan fingerprint density at radius 3 is 2.68 bits per heavy atom. The molecule has 0 aliphatic heterocycles. The van der Waals surface area contributed by atoms with Gasteiger partial charge in [-0.3, -0.25) is 14.9 Å². The SMILES string of the molecule is Cc1coc(C)c1C(=O)Nc1cccc([N+](=O)[O-])c1. The minimum atomic E-state index is -0.510. The first-order valence-electron chi connectivity index (χ1n) is 5.59. The largest absolute Gasteiger partial charge is 0.469 e. The summed E-state index contributed by atoms with van der Waals surface area (Å²) in [5, 5.41) is 13.3. The standard InChI is InChI=1S/C13H12N2O4/c1-8-7-19-9(2)12(8)13(16)14-10-4-3-5-11(6-10)15(17)18/h3-7H,1-2H3,(H,14,16). The van der Waals surface area contributed by atoms with Crippen molar-refractivity contribution in [3.63, 3.8) is 0 Å². The molecular weight excluding hydrogens is 248 g/mol. The number of benzene rings is 1. The Kier molecular flexibility index (Phi) is 3.33. The van der Waals surface area contributed by atoms with Gasteiger partial charge in [0, 0.05) is 23.4 Å². The number of aryl methyl sites for hydroxylation is 2. The van der Waals surface area contributed by atoms with Crippen LogP contribution in [0, 0.1) is 24.0 Å². The molecule has 0 aliphatic rings. The molecule has 1 N–H and O–H groups in total. The third kappa shape index (κ3) is 2.62. The van der Waals surface area contributed by atoms with Crippen molar-refractivity contribution in [3.8, 4) is 0 Å². The van der Waals surface area contributed by atoms with Gasteiger partial charge in [-0.25, -0.2) is 0 Å². The Morgan fingerprint density at radius 1 is 1.37 bits per heavy atom. The molecule has 1 heterocycles. The monoisotopic (exact) mass is 260 g/mol. The summed E-state index contributed by atoms with van der Waals surface area (Å²) in [4.78, 5) is 22.2. The van der Waals surface area contributed by atoms with Gasteiger partial charge >= 0.3 is 0 Å². The number of nitrogens with zero attached hydrogens (tertiary/aromatic N) is 1. The summed E-state index contributed by atoms with van der Waals surface area (Å²) in [7, 11) is 0. The van der Waals surface area contributed by atoms with Crippen LogP contribution in [-0.4, -0.2) is 10.8 Å². The van der Waals surface area contributed by atoms with E-state index in [0.717, 1.165) is 5.56 Å². The molecule has 0 unspecified atom stereocenters. The normalized spacial score (nSPS) is 10.2. The van der Waals surface area contributed by atoms with Gasteiger partial charge in [-0.15, -0.1) is 0 Å². The van der Waals surface area contributed by atoms with Crippen LogP contribution < -0.4 is 5.32 Å². The first-order valence-corrected chi connectivity index (χ1v) is 5.59. The van der Waals surface area contributed by atoms with Crippen LogP contribution in [-0.2, 0) is 0 Å². The molecule has 6 nitrogen and oxygen atoms in total. The maximum absolute atomic E-state index is 12.1. The highest BCUT2D eigenvalue weighted by molar-refractivity contribution is 6.06. The Bertz CT molecular complexity index is 626. The van der Waals surface area contributed by atoms with Crippen molar-refractivity contribution in [1.29, 1.82) is 0 Å². The molecule has 6 heteroatoms. The number of hydrogen-bond donors (Lipinski definition) is 1. The third-order valence-corrected chi connectivity index (χ3v) is 2.70. The number of anilines is 1. The summed E-state index contributed by atoms with van der Waals surface area (Å²) in [6.45, 7) is 3.45. The molecule has 0 saturated heterocycles. The number of carbonyl (C=O) groups is 1. The van der Waals surface area contributed by atoms with E-state index in [1.54, 1.807) is 19.9 Å². The lowest BCUT2D eigenvalue weighted by Crippen LogP contribution is -2.13. The van der Waals surface area contributed by atoms with Crippen molar-refractivity contribution in [2.24, 2.45) is 0 Å². The first kappa shape index (κ1) is 12.8. The zero-order valence-corrected chi connectivity index (χ0v) is 10.5. The summed E-state index contributed by atoms with van der Waals surface area (Å²) in [5.41, 5.74) is 1.48. The average Bonchev–Trinajstić information content (AvgIpc) is 2.69. The van der Waals surface area contributed by atoms with Crippen LogP contribution in [0.5, 0.6) is 0 Å². The fraction of sp³-hybridized carbons (Fsp3) is 0.154. The number of hydrogen-bond acceptors (Lipinski definition) is 4. The number of rotatable bonds is 3. The van der Waals surface area contributed by atoms with E-state index in [-0.39, 0.29) is 11.6 Å². The molecule has 0 spiro atoms. The van der Waals surface area contributed by atoms with Gasteiger partial charge in [0.05, 0.1) is 16.7 Å². The van der Waals surface area contributed by atoms with E-state index < -0.39 is 4.92 Å². The summed E-state index contributed by atoms with van der Waals surface area (Å²) >= 11 is 0. The van der Waals surface area contributed by atoms with Gasteiger partial charge in [-0.2, -0.15) is 0 Å². The molecule has 0 bridgehead atoms. The van der Waals surface area contributed by atoms with Gasteiger partial charge in [0.1, 0.15) is 5.76 Å². The first-order chi connectivity index (χ1) is 8.99. The van der Waals surface area contributed by atoms with Crippen molar-refractivity contribution >= 4 is 17.3 Å². The number of carbonyl (C=O) groups excluding carboxylic acids is 1. The molecule has 1 aromatic carbocycles. The lowest BCUT2D eigenvalue weighted by Gasteiger charge is -2.05. The topological polar surface area (TPSA) is 85.4 Å². The van der Waals surface area contributed by atoms with E-state index >= 15 is 0 Å². The Labute approximate surface area is 109 Å². The van der Waals surface area contributed by atoms with Gasteiger partial charge in [-0.1, -0.05) is 6.07 Å². The van der Waals surface area contributed by atoms with E-state index in [9.17, 15) is 14.9 Å². The molecule has 2 aromatic rings. The average molecular weight is 260 g/mol. The molecule has 1 aromatic heterocycles. The van der Waals surface area contributed by atoms with E-state index in [1.165, 1.54) is 24.5 Å². The third-order valence-electron chi connectivity index (χ3n) is 2.70. The summed E-state index contributed by atoms with van der Waals surface area (Å²) in [6, 6.07) is 5.78. The van der Waals surface area contributed by atoms with Crippen molar-refractivity contribution in [3.05, 3.63) is 57.5 Å². The maximum atomic E-state index is 12.1. The van der Waals surface area contributed by atoms with Crippen LogP contribution in [0.25, 0.3) is 0 Å². The second-order valence-corrected chi connectivity index (χ2v) is 4.11. The predicted octanol–water partition coefficient (Wildman–Crippen LogP) is 3.06. The highest BCUT2D eigenvalue weighted by Crippen LogP contribution is 2.20. The minimum Gasteiger partial charge on any atom is -0.469 e. The van der Waals surface area contributed by atoms with E-state index in [2.05, 4.69) is 5.32 Å². The second kappa shape index (κ2) is 4.93. The molecule has 0 saturated carbocycles. The van der Waals surface area contributed by atoms with Crippen molar-refractivity contribution in [1.82, 2.24) is 0 Å². The number of nitro benzene ring substituents is 1. The Balaban J connectivity index is 2.24. The molecule has 19 heavy (non-hydrogen) atoms. The van der Waals surface area contributed by atoms with Gasteiger partial charge in [0.2, 0.25) is 0 Å². The predicted molar refractivity (Wildman–Crippen MR) is 69.2 cm³/mol. The van der Waals surface area contributed by atoms with Crippen molar-refractivity contribution < 1.29 is 14.1 Å². The van der Waals surface area contributed by atoms with Crippen LogP contribution in [0.1, 0.15) is 21.7 Å². The molecular formula is C13H12N2O4. The number of amides is 1. The van der Waals surface area contributed by atoms with Crippen LogP contribution in [0.3, 0.4) is 0 Å². The number of nitro groups is 1. The number of furan rings is 1.